The molecule has 0 aliphatic rings. The Morgan fingerprint density at radius 1 is 0.542 bits per heavy atom. The molecule has 3 aromatic heterocycles. The number of ether oxygens (including phenoxy) is 7. The number of aryl methyl sites for hydroxylation is 8. The summed E-state index contributed by atoms with van der Waals surface area (Å²) in [6, 6.07) is 15.5. The van der Waals surface area contributed by atoms with Gasteiger partial charge in [-0.2, -0.15) is 47.9 Å². The van der Waals surface area contributed by atoms with Crippen LogP contribution in [-0.4, -0.2) is 163 Å². The number of oxime groups is 1. The average molecular weight is 2160 g/mol. The van der Waals surface area contributed by atoms with Gasteiger partial charge in [-0.25, -0.2) is 4.98 Å². The van der Waals surface area contributed by atoms with E-state index in [0.717, 1.165) is 138 Å². The minimum Gasteiger partial charge on any atom is -0.618 e. The maximum Gasteiger partial charge on any atom is 0.534 e. The predicted octanol–water partition coefficient (Wildman–Crippen LogP) is 24.4. The van der Waals surface area contributed by atoms with Gasteiger partial charge in [-0.05, 0) is 276 Å². The van der Waals surface area contributed by atoms with Crippen LogP contribution in [0.5, 0.6) is 46.1 Å². The van der Waals surface area contributed by atoms with Gasteiger partial charge in [0.05, 0.1) is 98.4 Å². The van der Waals surface area contributed by atoms with Crippen LogP contribution in [0.2, 0.25) is 74.0 Å². The van der Waals surface area contributed by atoms with E-state index in [2.05, 4.69) is 164 Å². The number of aromatic nitrogens is 3. The number of Topliss-reactive ketones (excluding diaryl/α,β-unsaturated/α-hetero) is 1. The molecule has 0 bridgehead atoms. The fraction of sp³-hybridized carbons (Fsp3) is 0.485. The molecule has 142 heavy (non-hydrogen) atoms. The Balaban J connectivity index is 0.000000827. The number of carbonyl (C=O) groups excluding carboxylic acids is 3. The lowest BCUT2D eigenvalue weighted by molar-refractivity contribution is -0.614. The SMILES string of the molecule is C.C#CCO[Si](C)(C)C(C)(C)C.COC(=O)CC(C)=O.COc1c(C)c(C)cc(/C=N/O)c1C#CCO[Si](C)(C)C(C)(C)C.COc1c(C)c(C)cc(C=O)c1Br.COc1c(C)c(C)cc(OS(=O)(=O)C(F)(F)F)c1[Si](C)(C)C.COc1c(C)c(C)cc2c[n+]([O-])c(CO[Si](C)(C)C(C)(C)C)cc12.COc1c(C)c(C)cc2cc(=O)[nH]c(C)c12.COc1c(C)c(C)cc2cc(OS(=O)(=O)C(F)(F)F)nc(C)c12. The molecule has 0 amide bonds. The number of hydrogen-bond donors (Lipinski definition) is 2. The molecular weight excluding hydrogens is 2020 g/mol. The second-order valence-electron chi connectivity index (χ2n) is 39.0. The lowest BCUT2D eigenvalue weighted by atomic mass is 9.99. The zero-order valence-electron chi connectivity index (χ0n) is 89.2. The third-order valence-corrected chi connectivity index (χ3v) is 42.8. The fourth-order valence-electron chi connectivity index (χ4n) is 12.8. The topological polar surface area (TPSA) is 336 Å². The molecule has 3 heterocycles. The Bertz CT molecular complexity index is 6420. The van der Waals surface area contributed by atoms with Crippen LogP contribution in [-0.2, 0) is 54.4 Å². The molecule has 788 valence electrons. The first kappa shape index (κ1) is 130. The van der Waals surface area contributed by atoms with Crippen LogP contribution in [0, 0.1) is 126 Å². The van der Waals surface area contributed by atoms with Crippen molar-refractivity contribution in [3.05, 3.63) is 181 Å². The Morgan fingerprint density at radius 3 is 1.35 bits per heavy atom. The molecule has 0 aliphatic heterocycles. The first-order valence-electron chi connectivity index (χ1n) is 44.4. The molecule has 6 aromatic carbocycles. The van der Waals surface area contributed by atoms with E-state index in [4.69, 9.17) is 53.3 Å². The number of ketones is 1. The number of benzene rings is 6. The molecule has 26 nitrogen and oxygen atoms in total. The van der Waals surface area contributed by atoms with Crippen molar-refractivity contribution in [2.24, 2.45) is 5.16 Å². The average Bonchev–Trinajstić information content (AvgIpc) is 0.757. The normalized spacial score (nSPS) is 11.8. The molecule has 0 saturated heterocycles. The number of rotatable bonds is 22. The van der Waals surface area contributed by atoms with E-state index in [1.807, 2.05) is 119 Å². The van der Waals surface area contributed by atoms with Crippen molar-refractivity contribution in [2.45, 2.75) is 272 Å². The second-order valence-corrected chi connectivity index (χ2v) is 62.3. The summed E-state index contributed by atoms with van der Waals surface area (Å²) in [6.45, 7) is 67.6. The van der Waals surface area contributed by atoms with Crippen molar-refractivity contribution in [1.29, 1.82) is 0 Å². The molecule has 0 unspecified atom stereocenters. The van der Waals surface area contributed by atoms with Crippen LogP contribution < -0.4 is 52.3 Å². The van der Waals surface area contributed by atoms with Crippen molar-refractivity contribution in [2.75, 3.05) is 63.0 Å². The summed E-state index contributed by atoms with van der Waals surface area (Å²) in [6.07, 6.45) is 8.83. The minimum atomic E-state index is -5.76. The summed E-state index contributed by atoms with van der Waals surface area (Å²) in [5.41, 5.74) is 4.49. The number of esters is 1. The zero-order valence-corrected chi connectivity index (χ0v) is 96.4. The molecule has 39 heteroatoms. The summed E-state index contributed by atoms with van der Waals surface area (Å²) >= 11 is 3.33. The van der Waals surface area contributed by atoms with Crippen molar-refractivity contribution >= 4 is 131 Å². The molecule has 0 saturated carbocycles. The lowest BCUT2D eigenvalue weighted by Gasteiger charge is -2.35. The number of fused-ring (bicyclic) bond motifs is 3. The van der Waals surface area contributed by atoms with Gasteiger partial charge >= 0.3 is 37.2 Å². The molecule has 2 N–H and O–H groups in total. The summed E-state index contributed by atoms with van der Waals surface area (Å²) in [7, 11) is -8.33. The number of nitrogens with one attached hydrogen (secondary N) is 1. The van der Waals surface area contributed by atoms with E-state index in [1.54, 1.807) is 67.5 Å². The maximum atomic E-state index is 12.6. The summed E-state index contributed by atoms with van der Waals surface area (Å²) < 4.78 is 184. The van der Waals surface area contributed by atoms with E-state index in [0.29, 0.717) is 75.5 Å². The molecule has 9 aromatic rings. The number of alkyl halides is 6. The Kier molecular flexibility index (Phi) is 48.4. The predicted molar refractivity (Wildman–Crippen MR) is 569 cm³/mol. The highest BCUT2D eigenvalue weighted by atomic mass is 79.9. The number of carbonyl (C=O) groups is 3. The van der Waals surface area contributed by atoms with Gasteiger partial charge in [0.25, 0.3) is 0 Å². The number of terminal acetylenes is 1. The Labute approximate surface area is 849 Å². The van der Waals surface area contributed by atoms with Crippen LogP contribution in [0.25, 0.3) is 32.3 Å². The molecule has 0 atom stereocenters. The summed E-state index contributed by atoms with van der Waals surface area (Å²) in [5, 5.41) is 30.2. The van der Waals surface area contributed by atoms with E-state index < -0.39 is 76.1 Å². The van der Waals surface area contributed by atoms with Crippen LogP contribution in [0.4, 0.5) is 26.3 Å². The van der Waals surface area contributed by atoms with Gasteiger partial charge in [-0.1, -0.05) is 124 Å². The fourth-order valence-corrected chi connectivity index (χ4v) is 18.9. The van der Waals surface area contributed by atoms with Crippen LogP contribution in [0.1, 0.15) is 188 Å². The first-order valence-corrected chi connectivity index (χ1v) is 60.3. The van der Waals surface area contributed by atoms with Gasteiger partial charge in [-0.15, -0.1) is 6.42 Å². The van der Waals surface area contributed by atoms with Gasteiger partial charge in [0, 0.05) is 56.4 Å². The number of H-pyrrole nitrogens is 1. The van der Waals surface area contributed by atoms with Gasteiger partial charge in [-0.3, -0.25) is 19.2 Å². The van der Waals surface area contributed by atoms with E-state index in [1.165, 1.54) is 47.5 Å². The highest BCUT2D eigenvalue weighted by Gasteiger charge is 2.51. The highest BCUT2D eigenvalue weighted by Crippen LogP contribution is 2.43. The maximum absolute atomic E-state index is 12.6. The molecular formula is C103H147BrF6N4O22S2Si4. The minimum absolute atomic E-state index is 0. The number of methoxy groups -OCH3 is 7. The van der Waals surface area contributed by atoms with Crippen LogP contribution in [0.3, 0.4) is 0 Å². The van der Waals surface area contributed by atoms with Gasteiger partial charge in [0.15, 0.2) is 37.4 Å². The van der Waals surface area contributed by atoms with E-state index in [9.17, 15) is 67.6 Å². The number of aromatic amines is 1. The third kappa shape index (κ3) is 34.7. The molecule has 0 fully saturated rings. The second kappa shape index (κ2) is 53.0. The molecule has 0 radical (unpaired) electrons. The lowest BCUT2D eigenvalue weighted by Crippen LogP contribution is -2.42. The van der Waals surface area contributed by atoms with Crippen molar-refractivity contribution in [1.82, 2.24) is 9.97 Å². The Morgan fingerprint density at radius 2 is 0.937 bits per heavy atom. The van der Waals surface area contributed by atoms with Gasteiger partial charge < -0.3 is 70.2 Å². The monoisotopic (exact) mass is 2160 g/mol. The van der Waals surface area contributed by atoms with E-state index >= 15 is 0 Å². The van der Waals surface area contributed by atoms with Gasteiger partial charge in [0.1, 0.15) is 59.1 Å². The molecule has 0 spiro atoms. The number of halogens is 7. The molecule has 9 rings (SSSR count). The Hall–Kier alpha value is -10.3. The van der Waals surface area contributed by atoms with Crippen LogP contribution >= 0.6 is 15.9 Å². The smallest absolute Gasteiger partial charge is 0.534 e. The quantitative estimate of drug-likeness (QED) is 0.00508. The summed E-state index contributed by atoms with van der Waals surface area (Å²) in [5.74, 6) is 11.2. The van der Waals surface area contributed by atoms with Gasteiger partial charge in [0.2, 0.25) is 17.1 Å². The van der Waals surface area contributed by atoms with Crippen molar-refractivity contribution < 1.29 is 122 Å². The molecule has 0 aliphatic carbocycles. The highest BCUT2D eigenvalue weighted by molar-refractivity contribution is 9.10. The van der Waals surface area contributed by atoms with Crippen LogP contribution in [0.15, 0.2) is 75.2 Å². The first-order chi connectivity index (χ1) is 64.3. The standard InChI is InChI=1S/2C19H29NO3Si.C14H14F3NO4S.C13H19F3O4SSi.C13H15NO2.C10H11BrO2.C9H18OSi.C5H8O3.CH4/c1-13-9-15-11-20(21)16(10-17(15)18(22-6)14(13)2)12-23-24(7,8)19(3,4)5;1-14-12-16(13-20-21)17(18(22-6)15(14)2)10-9-11-23-24(7,8)19(3,4)5;1-7-5-10-6-11(22-23(19,20)14(15,16)17)18-9(3)12(10)13(21-4)8(7)2;1-8-7-10(20-21(17,18)13(14,15)16)12(22(4,5)6)11(19-3)9(8)2;1-7-5-10-6-11(15)14-9(3)12(10)13(16-4)8(7)2;1-6-4-8(5-12)9(11)10(13-3)7(6)2;1-7-8-10-11(5,6)9(2,3)4;1-4(6)3-5(7)8-2;/h9-11H,12H2,1-8H3;12-13,21H,11H2,1-8H3;5-6H,1-4H3;7H,1-6H3;5-6H,1-4H3,(H,14,15);4-5H,1-3H3;1H,8H2,2-6H3;3H2,1-2H3;1H4/b;20-13+;;;;;;;. The number of aldehydes is 1. The number of hydrogen-bond acceptors (Lipinski definition) is 24. The third-order valence-electron chi connectivity index (χ3n) is 24.7. The number of nitrogens with zero attached hydrogens (tertiary/aromatic N) is 3. The van der Waals surface area contributed by atoms with Crippen molar-refractivity contribution in [3.63, 3.8) is 0 Å². The summed E-state index contributed by atoms with van der Waals surface area (Å²) in [4.78, 5) is 49.0. The number of pyridine rings is 3. The largest absolute Gasteiger partial charge is 0.618 e. The zero-order chi connectivity index (χ0) is 109. The van der Waals surface area contributed by atoms with Crippen molar-refractivity contribution in [3.8, 4) is 70.3 Å². The van der Waals surface area contributed by atoms with E-state index in [-0.39, 0.29) is 46.1 Å².